The predicted octanol–water partition coefficient (Wildman–Crippen LogP) is 4.65. The van der Waals surface area contributed by atoms with E-state index in [4.69, 9.17) is 9.47 Å². The van der Waals surface area contributed by atoms with Crippen molar-refractivity contribution in [3.05, 3.63) is 89.5 Å². The molecule has 0 aliphatic carbocycles. The molecule has 0 radical (unpaired) electrons. The van der Waals surface area contributed by atoms with E-state index in [1.807, 2.05) is 43.3 Å². The fourth-order valence-electron chi connectivity index (χ4n) is 3.20. The summed E-state index contributed by atoms with van der Waals surface area (Å²) in [5.74, 6) is 0.185. The highest BCUT2D eigenvalue weighted by Gasteiger charge is 2.11. The van der Waals surface area contributed by atoms with E-state index in [0.29, 0.717) is 36.4 Å². The van der Waals surface area contributed by atoms with Crippen molar-refractivity contribution in [3.63, 3.8) is 0 Å². The Kier molecular flexibility index (Phi) is 8.80. The summed E-state index contributed by atoms with van der Waals surface area (Å²) in [7, 11) is 0. The molecule has 0 bridgehead atoms. The summed E-state index contributed by atoms with van der Waals surface area (Å²) < 4.78 is 10.7. The molecule has 7 nitrogen and oxygen atoms in total. The summed E-state index contributed by atoms with van der Waals surface area (Å²) in [6.45, 7) is 4.05. The molecule has 7 heteroatoms. The van der Waals surface area contributed by atoms with Crippen molar-refractivity contribution in [2.45, 2.75) is 33.2 Å². The minimum atomic E-state index is -0.458. The monoisotopic (exact) mass is 460 g/mol. The number of ether oxygens (including phenoxy) is 2. The van der Waals surface area contributed by atoms with Crippen LogP contribution in [0.1, 0.15) is 41.3 Å². The number of hydrogen-bond donors (Lipinski definition) is 2. The van der Waals surface area contributed by atoms with E-state index < -0.39 is 5.97 Å². The fraction of sp³-hybridized carbons (Fsp3) is 0.222. The number of nitrogens with one attached hydrogen (secondary N) is 2. The van der Waals surface area contributed by atoms with Crippen LogP contribution in [0.25, 0.3) is 0 Å². The molecule has 0 unspecified atom stereocenters. The second-order valence-corrected chi connectivity index (χ2v) is 7.77. The van der Waals surface area contributed by atoms with Gasteiger partial charge in [-0.05, 0) is 55.3 Å². The van der Waals surface area contributed by atoms with E-state index >= 15 is 0 Å². The number of anilines is 1. The quantitative estimate of drug-likeness (QED) is 0.261. The molecule has 2 amide bonds. The Hall–Kier alpha value is -4.13. The van der Waals surface area contributed by atoms with E-state index in [9.17, 15) is 14.4 Å². The van der Waals surface area contributed by atoms with Crippen molar-refractivity contribution in [3.8, 4) is 11.5 Å². The summed E-state index contributed by atoms with van der Waals surface area (Å²) in [5, 5.41) is 5.74. The number of amides is 2. The smallest absolute Gasteiger partial charge is 0.308 e. The lowest BCUT2D eigenvalue weighted by atomic mass is 10.1. The van der Waals surface area contributed by atoms with Gasteiger partial charge in [0.05, 0.1) is 6.61 Å². The van der Waals surface area contributed by atoms with Gasteiger partial charge in [0.15, 0.2) is 0 Å². The van der Waals surface area contributed by atoms with Crippen LogP contribution in [0.2, 0.25) is 0 Å². The average molecular weight is 461 g/mol. The van der Waals surface area contributed by atoms with Gasteiger partial charge in [-0.3, -0.25) is 14.4 Å². The third-order valence-electron chi connectivity index (χ3n) is 4.94. The van der Waals surface area contributed by atoms with Crippen LogP contribution in [0.3, 0.4) is 0 Å². The number of carbonyl (C=O) groups excluding carboxylic acids is 3. The molecule has 3 aromatic carbocycles. The van der Waals surface area contributed by atoms with E-state index in [1.165, 1.54) is 18.6 Å². The fourth-order valence-corrected chi connectivity index (χ4v) is 3.20. The highest BCUT2D eigenvalue weighted by Crippen LogP contribution is 2.19. The maximum absolute atomic E-state index is 12.7. The first kappa shape index (κ1) is 24.5. The molecule has 0 aliphatic heterocycles. The highest BCUT2D eigenvalue weighted by molar-refractivity contribution is 6.05. The number of hydrogen-bond acceptors (Lipinski definition) is 5. The average Bonchev–Trinajstić information content (AvgIpc) is 2.82. The SMILES string of the molecule is CC(=O)Oc1cccc(C(=O)Nc2ccccc2CNC(=O)CCCOc2ccc(C)cc2)c1. The van der Waals surface area contributed by atoms with Gasteiger partial charge < -0.3 is 20.1 Å². The van der Waals surface area contributed by atoms with E-state index in [0.717, 1.165) is 11.3 Å². The number of benzene rings is 3. The Morgan fingerprint density at radius 1 is 0.882 bits per heavy atom. The van der Waals surface area contributed by atoms with Crippen molar-refractivity contribution in [2.75, 3.05) is 11.9 Å². The third kappa shape index (κ3) is 7.78. The van der Waals surface area contributed by atoms with Gasteiger partial charge in [-0.2, -0.15) is 0 Å². The Bertz CT molecular complexity index is 1140. The van der Waals surface area contributed by atoms with Crippen molar-refractivity contribution in [1.29, 1.82) is 0 Å². The van der Waals surface area contributed by atoms with E-state index in [1.54, 1.807) is 30.3 Å². The molecule has 176 valence electrons. The molecule has 3 rings (SSSR count). The Balaban J connectivity index is 1.49. The lowest BCUT2D eigenvalue weighted by Gasteiger charge is -2.13. The summed E-state index contributed by atoms with van der Waals surface area (Å²) in [6.07, 6.45) is 0.931. The standard InChI is InChI=1S/C27H28N2O5/c1-19-12-14-23(15-13-19)33-16-6-11-26(31)28-18-22-7-3-4-10-25(22)29-27(32)21-8-5-9-24(17-21)34-20(2)30/h3-5,7-10,12-15,17H,6,11,16,18H2,1-2H3,(H,28,31)(H,29,32). The first-order valence-corrected chi connectivity index (χ1v) is 11.0. The van der Waals surface area contributed by atoms with Gasteiger partial charge in [-0.25, -0.2) is 0 Å². The maximum Gasteiger partial charge on any atom is 0.308 e. The minimum absolute atomic E-state index is 0.0947. The van der Waals surface area contributed by atoms with Crippen molar-refractivity contribution in [2.24, 2.45) is 0 Å². The van der Waals surface area contributed by atoms with Gasteiger partial charge in [0, 0.05) is 31.1 Å². The van der Waals surface area contributed by atoms with Crippen molar-refractivity contribution >= 4 is 23.5 Å². The lowest BCUT2D eigenvalue weighted by Crippen LogP contribution is -2.24. The minimum Gasteiger partial charge on any atom is -0.494 e. The summed E-state index contributed by atoms with van der Waals surface area (Å²) in [5.41, 5.74) is 2.88. The number of rotatable bonds is 10. The van der Waals surface area contributed by atoms with Crippen LogP contribution >= 0.6 is 0 Å². The second-order valence-electron chi connectivity index (χ2n) is 7.77. The topological polar surface area (TPSA) is 93.7 Å². The normalized spacial score (nSPS) is 10.3. The van der Waals surface area contributed by atoms with Gasteiger partial charge in [0.1, 0.15) is 11.5 Å². The van der Waals surface area contributed by atoms with Gasteiger partial charge in [-0.15, -0.1) is 0 Å². The molecule has 0 fully saturated rings. The molecule has 2 N–H and O–H groups in total. The van der Waals surface area contributed by atoms with Crippen LogP contribution in [0, 0.1) is 6.92 Å². The van der Waals surface area contributed by atoms with Gasteiger partial charge in [-0.1, -0.05) is 42.0 Å². The largest absolute Gasteiger partial charge is 0.494 e. The third-order valence-corrected chi connectivity index (χ3v) is 4.94. The summed E-state index contributed by atoms with van der Waals surface area (Å²) in [6, 6.07) is 21.4. The molecule has 0 spiro atoms. The molecule has 0 atom stereocenters. The Labute approximate surface area is 199 Å². The van der Waals surface area contributed by atoms with Crippen molar-refractivity contribution < 1.29 is 23.9 Å². The first-order chi connectivity index (χ1) is 16.4. The summed E-state index contributed by atoms with van der Waals surface area (Å²) in [4.78, 5) is 36.1. The number of carbonyl (C=O) groups is 3. The van der Waals surface area contributed by atoms with Crippen LogP contribution in [0.5, 0.6) is 11.5 Å². The molecule has 0 saturated heterocycles. The zero-order valence-electron chi connectivity index (χ0n) is 19.3. The number of para-hydroxylation sites is 1. The van der Waals surface area contributed by atoms with Gasteiger partial charge in [0.2, 0.25) is 5.91 Å². The maximum atomic E-state index is 12.7. The van der Waals surface area contributed by atoms with E-state index in [-0.39, 0.29) is 18.4 Å². The van der Waals surface area contributed by atoms with Crippen LogP contribution in [0.15, 0.2) is 72.8 Å². The molecule has 0 heterocycles. The Morgan fingerprint density at radius 3 is 2.41 bits per heavy atom. The zero-order valence-corrected chi connectivity index (χ0v) is 19.3. The summed E-state index contributed by atoms with van der Waals surface area (Å²) >= 11 is 0. The second kappa shape index (κ2) is 12.2. The molecule has 0 aromatic heterocycles. The van der Waals surface area contributed by atoms with Gasteiger partial charge in [0.25, 0.3) is 5.91 Å². The zero-order chi connectivity index (χ0) is 24.3. The molecule has 3 aromatic rings. The molecule has 34 heavy (non-hydrogen) atoms. The molecular weight excluding hydrogens is 432 g/mol. The number of esters is 1. The molecular formula is C27H28N2O5. The molecule has 0 aliphatic rings. The Morgan fingerprint density at radius 2 is 1.65 bits per heavy atom. The highest BCUT2D eigenvalue weighted by atomic mass is 16.5. The van der Waals surface area contributed by atoms with Crippen LogP contribution in [-0.2, 0) is 16.1 Å². The van der Waals surface area contributed by atoms with Gasteiger partial charge >= 0.3 is 5.97 Å². The number of aryl methyl sites for hydroxylation is 1. The van der Waals surface area contributed by atoms with Crippen LogP contribution in [0.4, 0.5) is 5.69 Å². The molecule has 0 saturated carbocycles. The predicted molar refractivity (Wildman–Crippen MR) is 130 cm³/mol. The van der Waals surface area contributed by atoms with Crippen molar-refractivity contribution in [1.82, 2.24) is 5.32 Å². The first-order valence-electron chi connectivity index (χ1n) is 11.0. The lowest BCUT2D eigenvalue weighted by molar-refractivity contribution is -0.131. The van der Waals surface area contributed by atoms with E-state index in [2.05, 4.69) is 10.6 Å². The van der Waals surface area contributed by atoms with Crippen LogP contribution < -0.4 is 20.1 Å². The van der Waals surface area contributed by atoms with Crippen LogP contribution in [-0.4, -0.2) is 24.4 Å².